The van der Waals surface area contributed by atoms with E-state index < -0.39 is 0 Å². The van der Waals surface area contributed by atoms with Crippen molar-refractivity contribution in [1.82, 2.24) is 5.32 Å². The Kier molecular flexibility index (Phi) is 4.46. The van der Waals surface area contributed by atoms with Crippen LogP contribution in [0.15, 0.2) is 0 Å². The quantitative estimate of drug-likeness (QED) is 0.705. The molecule has 1 unspecified atom stereocenters. The number of ether oxygens (including phenoxy) is 1. The minimum atomic E-state index is -0.00926. The summed E-state index contributed by atoms with van der Waals surface area (Å²) in [4.78, 5) is 11.0. The van der Waals surface area contributed by atoms with E-state index in [0.29, 0.717) is 5.25 Å². The molecule has 1 N–H and O–H groups in total. The second-order valence-electron chi connectivity index (χ2n) is 2.87. The van der Waals surface area contributed by atoms with Crippen LogP contribution >= 0.6 is 11.8 Å². The van der Waals surface area contributed by atoms with Gasteiger partial charge in [0.25, 0.3) is 0 Å². The Morgan fingerprint density at radius 1 is 1.75 bits per heavy atom. The van der Waals surface area contributed by atoms with Crippen LogP contribution in [0.1, 0.15) is 12.8 Å². The van der Waals surface area contributed by atoms with Crippen molar-refractivity contribution in [2.75, 3.05) is 26.0 Å². The molecule has 1 amide bonds. The summed E-state index contributed by atoms with van der Waals surface area (Å²) in [5, 5.41) is 3.47. The van der Waals surface area contributed by atoms with Crippen molar-refractivity contribution in [3.05, 3.63) is 0 Å². The predicted octanol–water partition coefficient (Wildman–Crippen LogP) is 0.645. The fourth-order valence-corrected chi connectivity index (χ4v) is 2.42. The zero-order valence-corrected chi connectivity index (χ0v) is 8.15. The van der Waals surface area contributed by atoms with E-state index in [1.54, 1.807) is 0 Å². The molecule has 0 bridgehead atoms. The maximum absolute atomic E-state index is 11.0. The summed E-state index contributed by atoms with van der Waals surface area (Å²) in [7, 11) is 1.53. The first-order chi connectivity index (χ1) is 5.83. The summed E-state index contributed by atoms with van der Waals surface area (Å²) in [6.07, 6.45) is 2.52. The van der Waals surface area contributed by atoms with Crippen LogP contribution in [0.2, 0.25) is 0 Å². The summed E-state index contributed by atoms with van der Waals surface area (Å²) in [6, 6.07) is 0. The van der Waals surface area contributed by atoms with Gasteiger partial charge < -0.3 is 10.1 Å². The highest BCUT2D eigenvalue weighted by molar-refractivity contribution is 8.00. The predicted molar refractivity (Wildman–Crippen MR) is 50.4 cm³/mol. The number of hydrogen-bond acceptors (Lipinski definition) is 3. The van der Waals surface area contributed by atoms with Crippen LogP contribution in [0.5, 0.6) is 0 Å². The highest BCUT2D eigenvalue weighted by Gasteiger charge is 2.15. The lowest BCUT2D eigenvalue weighted by molar-refractivity contribution is -0.124. The van der Waals surface area contributed by atoms with Gasteiger partial charge in [0.1, 0.15) is 6.61 Å². The molecule has 0 spiro atoms. The highest BCUT2D eigenvalue weighted by atomic mass is 32.2. The highest BCUT2D eigenvalue weighted by Crippen LogP contribution is 2.24. The smallest absolute Gasteiger partial charge is 0.246 e. The molecular weight excluding hydrogens is 174 g/mol. The number of hydrogen-bond donors (Lipinski definition) is 1. The molecule has 1 fully saturated rings. The van der Waals surface area contributed by atoms with Gasteiger partial charge in [-0.1, -0.05) is 0 Å². The maximum atomic E-state index is 11.0. The van der Waals surface area contributed by atoms with Gasteiger partial charge in [-0.25, -0.2) is 0 Å². The summed E-state index contributed by atoms with van der Waals surface area (Å²) < 4.78 is 4.70. The fraction of sp³-hybridized carbons (Fsp3) is 0.875. The number of rotatable bonds is 4. The van der Waals surface area contributed by atoms with E-state index in [-0.39, 0.29) is 12.5 Å². The third-order valence-corrected chi connectivity index (χ3v) is 3.22. The van der Waals surface area contributed by atoms with E-state index >= 15 is 0 Å². The van der Waals surface area contributed by atoms with Gasteiger partial charge in [0.2, 0.25) is 5.91 Å². The molecule has 1 atom stereocenters. The van der Waals surface area contributed by atoms with E-state index in [2.05, 4.69) is 5.32 Å². The normalized spacial score (nSPS) is 22.6. The molecule has 0 saturated carbocycles. The molecule has 1 saturated heterocycles. The Morgan fingerprint density at radius 3 is 3.17 bits per heavy atom. The van der Waals surface area contributed by atoms with Crippen molar-refractivity contribution in [2.24, 2.45) is 0 Å². The third-order valence-electron chi connectivity index (χ3n) is 1.83. The molecule has 12 heavy (non-hydrogen) atoms. The number of nitrogens with one attached hydrogen (secondary N) is 1. The van der Waals surface area contributed by atoms with E-state index in [1.807, 2.05) is 11.8 Å². The number of methoxy groups -OCH3 is 1. The number of carbonyl (C=O) groups excluding carboxylic acids is 1. The van der Waals surface area contributed by atoms with Crippen molar-refractivity contribution >= 4 is 17.7 Å². The number of thioether (sulfide) groups is 1. The van der Waals surface area contributed by atoms with Crippen LogP contribution in [-0.2, 0) is 9.53 Å². The molecule has 1 aliphatic rings. The SMILES string of the molecule is COCC(=O)NCC1CCCS1. The first-order valence-corrected chi connectivity index (χ1v) is 5.25. The fourth-order valence-electron chi connectivity index (χ4n) is 1.22. The molecule has 70 valence electrons. The van der Waals surface area contributed by atoms with E-state index in [0.717, 1.165) is 6.54 Å². The Bertz CT molecular complexity index is 146. The van der Waals surface area contributed by atoms with E-state index in [9.17, 15) is 4.79 Å². The molecule has 1 heterocycles. The van der Waals surface area contributed by atoms with Gasteiger partial charge in [-0.3, -0.25) is 4.79 Å². The summed E-state index contributed by atoms with van der Waals surface area (Å²) in [5.74, 6) is 1.23. The van der Waals surface area contributed by atoms with Gasteiger partial charge in [0.05, 0.1) is 0 Å². The Balaban J connectivity index is 2.03. The molecule has 4 heteroatoms. The first-order valence-electron chi connectivity index (χ1n) is 4.20. The third kappa shape index (κ3) is 3.45. The Morgan fingerprint density at radius 2 is 2.58 bits per heavy atom. The minimum Gasteiger partial charge on any atom is -0.375 e. The lowest BCUT2D eigenvalue weighted by Crippen LogP contribution is -2.32. The van der Waals surface area contributed by atoms with Crippen LogP contribution in [0.25, 0.3) is 0 Å². The Labute approximate surface area is 77.2 Å². The molecular formula is C8H15NO2S. The second-order valence-corrected chi connectivity index (χ2v) is 4.28. The van der Waals surface area contributed by atoms with Gasteiger partial charge in [0.15, 0.2) is 0 Å². The summed E-state index contributed by atoms with van der Waals surface area (Å²) in [5.41, 5.74) is 0. The zero-order chi connectivity index (χ0) is 8.81. The number of carbonyl (C=O) groups is 1. The minimum absolute atomic E-state index is 0.00926. The second kappa shape index (κ2) is 5.43. The first kappa shape index (κ1) is 9.86. The van der Waals surface area contributed by atoms with Gasteiger partial charge in [-0.05, 0) is 18.6 Å². The van der Waals surface area contributed by atoms with Crippen molar-refractivity contribution in [1.29, 1.82) is 0 Å². The summed E-state index contributed by atoms with van der Waals surface area (Å²) >= 11 is 1.95. The van der Waals surface area contributed by atoms with Crippen LogP contribution < -0.4 is 5.32 Å². The largest absolute Gasteiger partial charge is 0.375 e. The van der Waals surface area contributed by atoms with Gasteiger partial charge in [-0.2, -0.15) is 11.8 Å². The van der Waals surface area contributed by atoms with Gasteiger partial charge >= 0.3 is 0 Å². The van der Waals surface area contributed by atoms with Crippen LogP contribution in [-0.4, -0.2) is 37.2 Å². The average Bonchev–Trinajstić information content (AvgIpc) is 2.53. The van der Waals surface area contributed by atoms with Crippen LogP contribution in [0, 0.1) is 0 Å². The maximum Gasteiger partial charge on any atom is 0.246 e. The van der Waals surface area contributed by atoms with E-state index in [1.165, 1.54) is 25.7 Å². The number of amides is 1. The van der Waals surface area contributed by atoms with Crippen molar-refractivity contribution in [2.45, 2.75) is 18.1 Å². The standard InChI is InChI=1S/C8H15NO2S/c1-11-6-8(10)9-5-7-3-2-4-12-7/h7H,2-6H2,1H3,(H,9,10). The van der Waals surface area contributed by atoms with Gasteiger partial charge in [-0.15, -0.1) is 0 Å². The lowest BCUT2D eigenvalue weighted by atomic mass is 10.2. The van der Waals surface area contributed by atoms with Crippen LogP contribution in [0.4, 0.5) is 0 Å². The molecule has 0 radical (unpaired) electrons. The zero-order valence-electron chi connectivity index (χ0n) is 7.34. The monoisotopic (exact) mass is 189 g/mol. The molecule has 1 aliphatic heterocycles. The topological polar surface area (TPSA) is 38.3 Å². The average molecular weight is 189 g/mol. The van der Waals surface area contributed by atoms with Gasteiger partial charge in [0, 0.05) is 18.9 Å². The van der Waals surface area contributed by atoms with Crippen molar-refractivity contribution in [3.63, 3.8) is 0 Å². The van der Waals surface area contributed by atoms with Crippen molar-refractivity contribution < 1.29 is 9.53 Å². The molecule has 3 nitrogen and oxygen atoms in total. The molecule has 0 aliphatic carbocycles. The van der Waals surface area contributed by atoms with Crippen molar-refractivity contribution in [3.8, 4) is 0 Å². The summed E-state index contributed by atoms with van der Waals surface area (Å²) in [6.45, 7) is 0.976. The molecule has 0 aromatic heterocycles. The molecule has 0 aromatic rings. The van der Waals surface area contributed by atoms with E-state index in [4.69, 9.17) is 4.74 Å². The molecule has 0 aromatic carbocycles. The lowest BCUT2D eigenvalue weighted by Gasteiger charge is -2.09. The Hall–Kier alpha value is -0.220. The molecule has 1 rings (SSSR count). The van der Waals surface area contributed by atoms with Crippen LogP contribution in [0.3, 0.4) is 0 Å².